The van der Waals surface area contributed by atoms with Crippen LogP contribution in [-0.4, -0.2) is 0 Å². The summed E-state index contributed by atoms with van der Waals surface area (Å²) in [7, 11) is 0. The Bertz CT molecular complexity index is 536. The molecule has 1 aliphatic rings. The number of rotatable bonds is 4. The molecule has 1 fully saturated rings. The molecule has 0 atom stereocenters. The van der Waals surface area contributed by atoms with Gasteiger partial charge in [-0.3, -0.25) is 0 Å². The van der Waals surface area contributed by atoms with E-state index in [2.05, 4.69) is 43.3 Å². The van der Waals surface area contributed by atoms with Gasteiger partial charge < -0.3 is 4.74 Å². The van der Waals surface area contributed by atoms with Gasteiger partial charge in [-0.1, -0.05) is 62.2 Å². The third-order valence-corrected chi connectivity index (χ3v) is 4.62. The van der Waals surface area contributed by atoms with E-state index in [0.717, 1.165) is 17.6 Å². The molecule has 2 aromatic rings. The van der Waals surface area contributed by atoms with Crippen LogP contribution in [0.4, 0.5) is 0 Å². The standard InChI is InChI=1S/C20H24O/c1-16-7-9-18(10-8-16)19-11-13-20(14-12-19)21-15-17-5-3-2-4-6-17/h2-6,11-14,16,18H,7-10,15H2,1H3. The molecule has 0 amide bonds. The van der Waals surface area contributed by atoms with E-state index in [1.807, 2.05) is 18.2 Å². The number of hydrogen-bond donors (Lipinski definition) is 0. The van der Waals surface area contributed by atoms with Gasteiger partial charge in [0, 0.05) is 0 Å². The summed E-state index contributed by atoms with van der Waals surface area (Å²) in [4.78, 5) is 0. The van der Waals surface area contributed by atoms with Gasteiger partial charge >= 0.3 is 0 Å². The van der Waals surface area contributed by atoms with Crippen LogP contribution in [0.15, 0.2) is 54.6 Å². The molecular formula is C20H24O. The number of benzene rings is 2. The molecule has 21 heavy (non-hydrogen) atoms. The van der Waals surface area contributed by atoms with Crippen LogP contribution in [-0.2, 0) is 6.61 Å². The number of hydrogen-bond acceptors (Lipinski definition) is 1. The van der Waals surface area contributed by atoms with Crippen LogP contribution in [0, 0.1) is 5.92 Å². The maximum absolute atomic E-state index is 5.85. The zero-order valence-electron chi connectivity index (χ0n) is 12.8. The average molecular weight is 280 g/mol. The van der Waals surface area contributed by atoms with Gasteiger partial charge in [-0.25, -0.2) is 0 Å². The van der Waals surface area contributed by atoms with Gasteiger partial charge in [0.1, 0.15) is 12.4 Å². The van der Waals surface area contributed by atoms with Gasteiger partial charge in [-0.05, 0) is 47.9 Å². The van der Waals surface area contributed by atoms with Gasteiger partial charge in [0.25, 0.3) is 0 Å². The molecule has 1 saturated carbocycles. The van der Waals surface area contributed by atoms with Crippen LogP contribution in [0.1, 0.15) is 49.7 Å². The minimum absolute atomic E-state index is 0.640. The van der Waals surface area contributed by atoms with Crippen molar-refractivity contribution in [1.82, 2.24) is 0 Å². The largest absolute Gasteiger partial charge is 0.489 e. The molecule has 2 aromatic carbocycles. The molecule has 0 N–H and O–H groups in total. The third kappa shape index (κ3) is 3.87. The smallest absolute Gasteiger partial charge is 0.119 e. The van der Waals surface area contributed by atoms with Crippen LogP contribution < -0.4 is 4.74 Å². The fraction of sp³-hybridized carbons (Fsp3) is 0.400. The molecule has 0 heterocycles. The molecule has 110 valence electrons. The van der Waals surface area contributed by atoms with E-state index in [-0.39, 0.29) is 0 Å². The highest BCUT2D eigenvalue weighted by molar-refractivity contribution is 5.30. The molecule has 1 aliphatic carbocycles. The van der Waals surface area contributed by atoms with Crippen molar-refractivity contribution in [3.63, 3.8) is 0 Å². The Balaban J connectivity index is 1.57. The van der Waals surface area contributed by atoms with Crippen molar-refractivity contribution in [3.05, 3.63) is 65.7 Å². The zero-order valence-corrected chi connectivity index (χ0v) is 12.8. The first-order valence-electron chi connectivity index (χ1n) is 8.08. The molecule has 0 unspecified atom stereocenters. The quantitative estimate of drug-likeness (QED) is 0.712. The molecule has 1 nitrogen and oxygen atoms in total. The molecule has 0 aromatic heterocycles. The van der Waals surface area contributed by atoms with E-state index in [0.29, 0.717) is 6.61 Å². The summed E-state index contributed by atoms with van der Waals surface area (Å²) in [6.07, 6.45) is 5.42. The SMILES string of the molecule is CC1CCC(c2ccc(OCc3ccccc3)cc2)CC1. The van der Waals surface area contributed by atoms with Gasteiger partial charge in [-0.15, -0.1) is 0 Å². The van der Waals surface area contributed by atoms with Crippen molar-refractivity contribution >= 4 is 0 Å². The fourth-order valence-electron chi connectivity index (χ4n) is 3.17. The summed E-state index contributed by atoms with van der Waals surface area (Å²) in [5, 5.41) is 0. The molecule has 0 radical (unpaired) electrons. The minimum Gasteiger partial charge on any atom is -0.489 e. The Morgan fingerprint density at radius 2 is 1.52 bits per heavy atom. The summed E-state index contributed by atoms with van der Waals surface area (Å²) in [5.74, 6) is 2.63. The van der Waals surface area contributed by atoms with E-state index < -0.39 is 0 Å². The van der Waals surface area contributed by atoms with E-state index in [4.69, 9.17) is 4.74 Å². The molecule has 0 saturated heterocycles. The Labute approximate surface area is 128 Å². The summed E-state index contributed by atoms with van der Waals surface area (Å²) >= 11 is 0. The Morgan fingerprint density at radius 1 is 0.857 bits per heavy atom. The highest BCUT2D eigenvalue weighted by Gasteiger charge is 2.19. The first-order chi connectivity index (χ1) is 10.3. The average Bonchev–Trinajstić information content (AvgIpc) is 2.55. The van der Waals surface area contributed by atoms with E-state index in [9.17, 15) is 0 Å². The lowest BCUT2D eigenvalue weighted by Gasteiger charge is -2.26. The Kier molecular flexibility index (Phi) is 4.59. The highest BCUT2D eigenvalue weighted by Crippen LogP contribution is 2.35. The second kappa shape index (κ2) is 6.80. The van der Waals surface area contributed by atoms with Crippen LogP contribution in [0.5, 0.6) is 5.75 Å². The van der Waals surface area contributed by atoms with Crippen molar-refractivity contribution in [1.29, 1.82) is 0 Å². The van der Waals surface area contributed by atoms with Crippen LogP contribution in [0.3, 0.4) is 0 Å². The van der Waals surface area contributed by atoms with Crippen molar-refractivity contribution < 1.29 is 4.74 Å². The topological polar surface area (TPSA) is 9.23 Å². The van der Waals surface area contributed by atoms with Crippen LogP contribution in [0.25, 0.3) is 0 Å². The summed E-state index contributed by atoms with van der Waals surface area (Å²) in [5.41, 5.74) is 2.69. The first-order valence-corrected chi connectivity index (χ1v) is 8.08. The second-order valence-electron chi connectivity index (χ2n) is 6.30. The highest BCUT2D eigenvalue weighted by atomic mass is 16.5. The molecule has 1 heteroatoms. The van der Waals surface area contributed by atoms with Gasteiger partial charge in [0.15, 0.2) is 0 Å². The molecule has 0 aliphatic heterocycles. The Morgan fingerprint density at radius 3 is 2.19 bits per heavy atom. The lowest BCUT2D eigenvalue weighted by atomic mass is 9.79. The predicted molar refractivity (Wildman–Crippen MR) is 87.6 cm³/mol. The molecular weight excluding hydrogens is 256 g/mol. The van der Waals surface area contributed by atoms with Gasteiger partial charge in [-0.2, -0.15) is 0 Å². The monoisotopic (exact) mass is 280 g/mol. The Hall–Kier alpha value is -1.76. The van der Waals surface area contributed by atoms with E-state index >= 15 is 0 Å². The van der Waals surface area contributed by atoms with Crippen molar-refractivity contribution in [2.75, 3.05) is 0 Å². The lowest BCUT2D eigenvalue weighted by molar-refractivity contribution is 0.305. The molecule has 3 rings (SSSR count). The fourth-order valence-corrected chi connectivity index (χ4v) is 3.17. The van der Waals surface area contributed by atoms with E-state index in [1.54, 1.807) is 0 Å². The van der Waals surface area contributed by atoms with E-state index in [1.165, 1.54) is 36.8 Å². The molecule has 0 bridgehead atoms. The first kappa shape index (κ1) is 14.2. The van der Waals surface area contributed by atoms with Crippen molar-refractivity contribution in [3.8, 4) is 5.75 Å². The van der Waals surface area contributed by atoms with Crippen LogP contribution >= 0.6 is 0 Å². The number of ether oxygens (including phenoxy) is 1. The van der Waals surface area contributed by atoms with Gasteiger partial charge in [0.05, 0.1) is 0 Å². The third-order valence-electron chi connectivity index (χ3n) is 4.62. The summed E-state index contributed by atoms with van der Waals surface area (Å²) < 4.78 is 5.85. The summed E-state index contributed by atoms with van der Waals surface area (Å²) in [6.45, 7) is 3.01. The molecule has 0 spiro atoms. The minimum atomic E-state index is 0.640. The van der Waals surface area contributed by atoms with Gasteiger partial charge in [0.2, 0.25) is 0 Å². The maximum atomic E-state index is 5.85. The maximum Gasteiger partial charge on any atom is 0.119 e. The lowest BCUT2D eigenvalue weighted by Crippen LogP contribution is -2.10. The van der Waals surface area contributed by atoms with Crippen molar-refractivity contribution in [2.45, 2.75) is 45.1 Å². The van der Waals surface area contributed by atoms with Crippen LogP contribution in [0.2, 0.25) is 0 Å². The normalized spacial score (nSPS) is 22.0. The second-order valence-corrected chi connectivity index (χ2v) is 6.30. The predicted octanol–water partition coefficient (Wildman–Crippen LogP) is 5.56. The van der Waals surface area contributed by atoms with Crippen molar-refractivity contribution in [2.24, 2.45) is 5.92 Å². The zero-order chi connectivity index (χ0) is 14.5. The summed E-state index contributed by atoms with van der Waals surface area (Å²) in [6, 6.07) is 19.1.